The van der Waals surface area contributed by atoms with Crippen molar-refractivity contribution in [3.8, 4) is 11.8 Å². The predicted octanol–water partition coefficient (Wildman–Crippen LogP) is 6.94. The Balaban J connectivity index is 1.50. The van der Waals surface area contributed by atoms with Crippen LogP contribution in [0.2, 0.25) is 0 Å². The molecule has 10 aromatic rings. The maximum atomic E-state index is 13.0. The van der Waals surface area contributed by atoms with E-state index in [9.17, 15) is 21.4 Å². The highest BCUT2D eigenvalue weighted by Gasteiger charge is 2.28. The van der Waals surface area contributed by atoms with E-state index >= 15 is 0 Å². The monoisotopic (exact) mass is 688 g/mol. The molecule has 0 spiro atoms. The van der Waals surface area contributed by atoms with E-state index in [0.717, 1.165) is 28.7 Å². The molecule has 0 radical (unpaired) electrons. The molecule has 12 nitrogen and oxygen atoms in total. The second-order valence-corrected chi connectivity index (χ2v) is 14.0. The Labute approximate surface area is 275 Å². The predicted molar refractivity (Wildman–Crippen MR) is 186 cm³/mol. The fourth-order valence-electron chi connectivity index (χ4n) is 7.35. The summed E-state index contributed by atoms with van der Waals surface area (Å²) in [7, 11) is -8.58. The highest BCUT2D eigenvalue weighted by molar-refractivity contribution is 7.82. The van der Waals surface area contributed by atoms with Crippen LogP contribution in [0.3, 0.4) is 0 Å². The summed E-state index contributed by atoms with van der Waals surface area (Å²) in [5, 5.41) is 6.24. The minimum Gasteiger partial charge on any atom is -0.342 e. The summed E-state index contributed by atoms with van der Waals surface area (Å²) in [4.78, 5) is 10.0. The Kier molecular flexibility index (Phi) is 5.43. The van der Waals surface area contributed by atoms with Crippen LogP contribution in [0.1, 0.15) is 0 Å². The quantitative estimate of drug-likeness (QED) is 0.114. The van der Waals surface area contributed by atoms with Crippen LogP contribution >= 0.6 is 0 Å². The Bertz CT molecular complexity index is 3310. The maximum Gasteiger partial charge on any atom is 0.450 e. The van der Waals surface area contributed by atoms with E-state index < -0.39 is 20.8 Å². The summed E-state index contributed by atoms with van der Waals surface area (Å²) in [6, 6.07) is 29.6. The fraction of sp³-hybridized carbons (Fsp3) is 0.0286. The van der Waals surface area contributed by atoms with Crippen LogP contribution in [0.4, 0.5) is 0 Å². The number of pyridine rings is 2. The first kappa shape index (κ1) is 28.2. The van der Waals surface area contributed by atoms with E-state index in [-0.39, 0.29) is 11.8 Å². The Hall–Kier alpha value is -5.80. The van der Waals surface area contributed by atoms with E-state index in [1.165, 1.54) is 0 Å². The zero-order valence-electron chi connectivity index (χ0n) is 25.1. The Morgan fingerprint density at radius 3 is 1.43 bits per heavy atom. The Morgan fingerprint density at radius 2 is 0.980 bits per heavy atom. The summed E-state index contributed by atoms with van der Waals surface area (Å²) in [5.74, 6) is -0.284. The van der Waals surface area contributed by atoms with Gasteiger partial charge in [0.2, 0.25) is 11.8 Å². The van der Waals surface area contributed by atoms with E-state index in [4.69, 9.17) is 22.5 Å². The number of hydrogen-bond acceptors (Lipinski definition) is 9. The molecule has 0 aliphatic heterocycles. The molecule has 0 saturated heterocycles. The number of hydrogen-bond donors (Lipinski definition) is 1. The average molecular weight is 689 g/mol. The maximum absolute atomic E-state index is 13.0. The smallest absolute Gasteiger partial charge is 0.342 e. The Morgan fingerprint density at radius 1 is 0.551 bits per heavy atom. The zero-order chi connectivity index (χ0) is 33.4. The largest absolute Gasteiger partial charge is 0.450 e. The topological polar surface area (TPSA) is 151 Å². The van der Waals surface area contributed by atoms with Gasteiger partial charge in [-0.25, -0.2) is 14.2 Å². The summed E-state index contributed by atoms with van der Waals surface area (Å²) >= 11 is 0. The molecule has 14 heteroatoms. The van der Waals surface area contributed by atoms with Gasteiger partial charge in [-0.15, -0.1) is 0 Å². The van der Waals surface area contributed by atoms with Gasteiger partial charge >= 0.3 is 20.8 Å². The molecule has 1 N–H and O–H groups in total. The molecular weight excluding hydrogens is 669 g/mol. The number of nitrogens with zero attached hydrogens (tertiary/aromatic N) is 4. The van der Waals surface area contributed by atoms with Gasteiger partial charge in [0.15, 0.2) is 0 Å². The summed E-state index contributed by atoms with van der Waals surface area (Å²) in [6.45, 7) is 0. The van der Waals surface area contributed by atoms with Crippen molar-refractivity contribution in [1.82, 2.24) is 18.8 Å². The molecule has 240 valence electrons. The van der Waals surface area contributed by atoms with Gasteiger partial charge in [-0.05, 0) is 59.3 Å². The van der Waals surface area contributed by atoms with Crippen LogP contribution in [0, 0.1) is 0 Å². The van der Waals surface area contributed by atoms with Crippen molar-refractivity contribution in [3.63, 3.8) is 0 Å². The molecule has 0 unspecified atom stereocenters. The lowest BCUT2D eigenvalue weighted by Crippen LogP contribution is -2.15. The van der Waals surface area contributed by atoms with Crippen molar-refractivity contribution in [2.24, 2.45) is 0 Å². The van der Waals surface area contributed by atoms with Crippen LogP contribution in [-0.4, -0.2) is 47.3 Å². The van der Waals surface area contributed by atoms with E-state index in [1.54, 1.807) is 20.9 Å². The fourth-order valence-corrected chi connectivity index (χ4v) is 8.14. The third kappa shape index (κ3) is 3.84. The van der Waals surface area contributed by atoms with Gasteiger partial charge in [0, 0.05) is 43.1 Å². The van der Waals surface area contributed by atoms with Crippen molar-refractivity contribution in [1.29, 1.82) is 0 Å². The van der Waals surface area contributed by atoms with Gasteiger partial charge in [-0.2, -0.15) is 16.8 Å². The van der Waals surface area contributed by atoms with Gasteiger partial charge in [-0.3, -0.25) is 13.4 Å². The van der Waals surface area contributed by atoms with Crippen molar-refractivity contribution in [2.75, 3.05) is 7.11 Å². The number of benzene rings is 6. The first-order chi connectivity index (χ1) is 23.6. The van der Waals surface area contributed by atoms with Crippen molar-refractivity contribution in [3.05, 3.63) is 97.1 Å². The summed E-state index contributed by atoms with van der Waals surface area (Å²) in [6.07, 6.45) is 0. The third-order valence-corrected chi connectivity index (χ3v) is 10.3. The van der Waals surface area contributed by atoms with Crippen LogP contribution in [0.25, 0.3) is 87.2 Å². The zero-order valence-corrected chi connectivity index (χ0v) is 26.8. The molecular formula is C35H20N4O8S2. The van der Waals surface area contributed by atoms with Gasteiger partial charge in [0.05, 0.1) is 29.2 Å². The minimum absolute atomic E-state index is 0.0841. The highest BCUT2D eigenvalue weighted by atomic mass is 32.3. The molecule has 0 fully saturated rings. The van der Waals surface area contributed by atoms with E-state index in [0.29, 0.717) is 65.7 Å². The standard InChI is InChI=1S/C35H20N4O8S2/c1-45-49(43,44)47-35-23-17-16-22-30-20(14-15-21(31(23)30)33-37-25-11-3-7-19-9-5-13-27(29(19)25)39(33)35)32-36-24-10-2-6-18-8-4-12-26(28(18)24)38(32)34(22)46-48(40,41)42/h2-17H,1H3,(H,40,41,42). The normalized spacial score (nSPS) is 13.1. The molecule has 0 amide bonds. The van der Waals surface area contributed by atoms with Gasteiger partial charge in [0.25, 0.3) is 0 Å². The molecule has 0 aliphatic carbocycles. The summed E-state index contributed by atoms with van der Waals surface area (Å²) in [5.41, 5.74) is 3.30. The van der Waals surface area contributed by atoms with Crippen LogP contribution in [-0.2, 0) is 25.0 Å². The van der Waals surface area contributed by atoms with E-state index in [1.807, 2.05) is 84.9 Å². The lowest BCUT2D eigenvalue weighted by Gasteiger charge is -2.22. The van der Waals surface area contributed by atoms with Crippen molar-refractivity contribution >= 4 is 108 Å². The van der Waals surface area contributed by atoms with Crippen LogP contribution in [0.5, 0.6) is 11.8 Å². The second kappa shape index (κ2) is 9.42. The van der Waals surface area contributed by atoms with E-state index in [2.05, 4.69) is 0 Å². The average Bonchev–Trinajstić information content (AvgIpc) is 3.08. The van der Waals surface area contributed by atoms with Gasteiger partial charge in [-0.1, -0.05) is 48.5 Å². The third-order valence-electron chi connectivity index (χ3n) is 9.16. The van der Waals surface area contributed by atoms with Gasteiger partial charge < -0.3 is 8.37 Å². The molecule has 49 heavy (non-hydrogen) atoms. The van der Waals surface area contributed by atoms with Crippen molar-refractivity contribution < 1.29 is 33.9 Å². The van der Waals surface area contributed by atoms with Crippen molar-refractivity contribution in [2.45, 2.75) is 0 Å². The molecule has 4 heterocycles. The highest BCUT2D eigenvalue weighted by Crippen LogP contribution is 2.47. The minimum atomic E-state index is -5.04. The first-order valence-electron chi connectivity index (χ1n) is 14.9. The lowest BCUT2D eigenvalue weighted by atomic mass is 9.95. The summed E-state index contributed by atoms with van der Waals surface area (Å²) < 4.78 is 80.0. The molecule has 0 aliphatic rings. The molecule has 4 aromatic heterocycles. The molecule has 0 bridgehead atoms. The molecule has 6 aromatic carbocycles. The van der Waals surface area contributed by atoms with Gasteiger partial charge in [0.1, 0.15) is 11.3 Å². The van der Waals surface area contributed by atoms with Crippen LogP contribution < -0.4 is 8.37 Å². The number of fused-ring (bicyclic) bond motifs is 6. The van der Waals surface area contributed by atoms with Crippen LogP contribution in [0.15, 0.2) is 97.1 Å². The molecule has 10 rings (SSSR count). The lowest BCUT2D eigenvalue weighted by molar-refractivity contribution is 0.327. The SMILES string of the molecule is COS(=O)(=O)Oc1c2ccc3c(OS(=O)(=O)O)n4c5cccc6cccc(nc4c4ccc(c2c34)c2nc3cccc4cccc(c43)n12)c65. The molecule has 0 atom stereocenters. The second-order valence-electron chi connectivity index (χ2n) is 11.7. The number of rotatable bonds is 5. The number of aromatic nitrogens is 4. The first-order valence-corrected chi connectivity index (χ1v) is 17.6. The molecule has 0 saturated carbocycles.